The van der Waals surface area contributed by atoms with Gasteiger partial charge in [0.1, 0.15) is 0 Å². The highest BCUT2D eigenvalue weighted by Gasteiger charge is 2.47. The van der Waals surface area contributed by atoms with E-state index in [9.17, 15) is 21.6 Å². The average molecular weight is 308 g/mol. The first-order valence-corrected chi connectivity index (χ1v) is 10.4. The van der Waals surface area contributed by atoms with Gasteiger partial charge >= 0.3 is 15.6 Å². The van der Waals surface area contributed by atoms with Crippen molar-refractivity contribution in [2.45, 2.75) is 44.4 Å². The molecule has 0 rings (SSSR count). The molecule has 0 aliphatic heterocycles. The van der Waals surface area contributed by atoms with E-state index in [1.165, 1.54) is 0 Å². The molecule has 18 heavy (non-hydrogen) atoms. The van der Waals surface area contributed by atoms with Gasteiger partial charge in [-0.25, -0.2) is 0 Å². The lowest BCUT2D eigenvalue weighted by Crippen LogP contribution is -2.26. The van der Waals surface area contributed by atoms with Gasteiger partial charge in [0.25, 0.3) is 0 Å². The molecule has 0 aromatic rings. The predicted molar refractivity (Wildman–Crippen MR) is 64.1 cm³/mol. The van der Waals surface area contributed by atoms with Crippen molar-refractivity contribution in [3.8, 4) is 0 Å². The van der Waals surface area contributed by atoms with Gasteiger partial charge in [-0.05, 0) is 38.9 Å². The van der Waals surface area contributed by atoms with Crippen molar-refractivity contribution >= 4 is 18.4 Å². The third-order valence-corrected chi connectivity index (χ3v) is 3.96. The number of hydrogen-bond donors (Lipinski definition) is 0. The molecule has 0 unspecified atom stereocenters. The van der Waals surface area contributed by atoms with E-state index in [1.54, 1.807) is 0 Å². The van der Waals surface area contributed by atoms with E-state index in [2.05, 4.69) is 4.18 Å². The molecule has 0 aliphatic carbocycles. The molecule has 0 radical (unpaired) electrons. The number of rotatable bonds is 8. The fourth-order valence-electron chi connectivity index (χ4n) is 0.995. The average Bonchev–Trinajstić information content (AvgIpc) is 2.12. The fraction of sp³-hybridized carbons (Fsp3) is 1.00. The standard InChI is InChI=1S/C9H19F3O4SSi/c1-18(2,3)16-8-6-4-5-7-15-17(13,14)9(10,11)12/h4-8H2,1-3H3. The zero-order valence-electron chi connectivity index (χ0n) is 10.7. The van der Waals surface area contributed by atoms with Crippen LogP contribution in [0.4, 0.5) is 13.2 Å². The third-order valence-electron chi connectivity index (χ3n) is 1.85. The number of halogens is 3. The monoisotopic (exact) mass is 308 g/mol. The van der Waals surface area contributed by atoms with Crippen molar-refractivity contribution in [3.63, 3.8) is 0 Å². The molecule has 0 saturated heterocycles. The van der Waals surface area contributed by atoms with Crippen LogP contribution in [0.3, 0.4) is 0 Å². The summed E-state index contributed by atoms with van der Waals surface area (Å²) in [6.07, 6.45) is 1.50. The summed E-state index contributed by atoms with van der Waals surface area (Å²) < 4.78 is 66.0. The summed E-state index contributed by atoms with van der Waals surface area (Å²) in [5.74, 6) is 0. The van der Waals surface area contributed by atoms with E-state index >= 15 is 0 Å². The van der Waals surface area contributed by atoms with Gasteiger partial charge in [0.05, 0.1) is 6.61 Å². The van der Waals surface area contributed by atoms with Gasteiger partial charge in [-0.3, -0.25) is 4.18 Å². The van der Waals surface area contributed by atoms with Gasteiger partial charge in [0, 0.05) is 6.61 Å². The Morgan fingerprint density at radius 1 is 1.00 bits per heavy atom. The largest absolute Gasteiger partial charge is 0.523 e. The molecule has 4 nitrogen and oxygen atoms in total. The van der Waals surface area contributed by atoms with Gasteiger partial charge in [-0.2, -0.15) is 21.6 Å². The Kier molecular flexibility index (Phi) is 6.83. The van der Waals surface area contributed by atoms with Crippen molar-refractivity contribution in [2.24, 2.45) is 0 Å². The van der Waals surface area contributed by atoms with E-state index < -0.39 is 30.6 Å². The number of hydrogen-bond acceptors (Lipinski definition) is 4. The molecule has 0 amide bonds. The lowest BCUT2D eigenvalue weighted by molar-refractivity contribution is -0.0543. The van der Waals surface area contributed by atoms with Crippen LogP contribution in [-0.2, 0) is 18.7 Å². The summed E-state index contributed by atoms with van der Waals surface area (Å²) in [5.41, 5.74) is -5.34. The summed E-state index contributed by atoms with van der Waals surface area (Å²) in [6, 6.07) is 0. The lowest BCUT2D eigenvalue weighted by Gasteiger charge is -2.16. The second kappa shape index (κ2) is 6.87. The molecule has 0 bridgehead atoms. The number of alkyl halides is 3. The van der Waals surface area contributed by atoms with Crippen molar-refractivity contribution in [1.29, 1.82) is 0 Å². The minimum Gasteiger partial charge on any atom is -0.418 e. The fourth-order valence-corrected chi connectivity index (χ4v) is 2.22. The van der Waals surface area contributed by atoms with Crippen molar-refractivity contribution in [3.05, 3.63) is 0 Å². The maximum Gasteiger partial charge on any atom is 0.523 e. The molecule has 0 aromatic carbocycles. The van der Waals surface area contributed by atoms with E-state index in [1.807, 2.05) is 19.6 Å². The van der Waals surface area contributed by atoms with Crippen LogP contribution in [0.25, 0.3) is 0 Å². The second-order valence-electron chi connectivity index (χ2n) is 4.74. The van der Waals surface area contributed by atoms with E-state index in [-0.39, 0.29) is 6.42 Å². The third kappa shape index (κ3) is 8.06. The predicted octanol–water partition coefficient (Wildman–Crippen LogP) is 2.87. The van der Waals surface area contributed by atoms with Gasteiger partial charge in [0.2, 0.25) is 0 Å². The maximum atomic E-state index is 11.9. The quantitative estimate of drug-likeness (QED) is 0.299. The summed E-state index contributed by atoms with van der Waals surface area (Å²) in [7, 11) is -6.99. The maximum absolute atomic E-state index is 11.9. The van der Waals surface area contributed by atoms with Crippen LogP contribution in [0.15, 0.2) is 0 Å². The van der Waals surface area contributed by atoms with Crippen LogP contribution in [0, 0.1) is 0 Å². The summed E-state index contributed by atoms with van der Waals surface area (Å²) >= 11 is 0. The van der Waals surface area contributed by atoms with Crippen LogP contribution in [0.1, 0.15) is 19.3 Å². The molecular weight excluding hydrogens is 289 g/mol. The highest BCUT2D eigenvalue weighted by molar-refractivity contribution is 7.87. The highest BCUT2D eigenvalue weighted by Crippen LogP contribution is 2.24. The topological polar surface area (TPSA) is 52.6 Å². The van der Waals surface area contributed by atoms with E-state index in [0.29, 0.717) is 19.4 Å². The SMILES string of the molecule is C[Si](C)(C)OCCCCCOS(=O)(=O)C(F)(F)F. The second-order valence-corrected chi connectivity index (χ2v) is 10.9. The minimum atomic E-state index is -5.44. The van der Waals surface area contributed by atoms with Crippen LogP contribution < -0.4 is 0 Å². The molecule has 0 heterocycles. The van der Waals surface area contributed by atoms with Gasteiger partial charge in [-0.1, -0.05) is 0 Å². The van der Waals surface area contributed by atoms with Crippen LogP contribution >= 0.6 is 0 Å². The molecule has 110 valence electrons. The van der Waals surface area contributed by atoms with Crippen molar-refractivity contribution in [2.75, 3.05) is 13.2 Å². The Morgan fingerprint density at radius 3 is 1.94 bits per heavy atom. The lowest BCUT2D eigenvalue weighted by atomic mass is 10.2. The molecule has 0 aliphatic rings. The molecule has 9 heteroatoms. The summed E-state index contributed by atoms with van der Waals surface area (Å²) in [4.78, 5) is 0. The summed E-state index contributed by atoms with van der Waals surface area (Å²) in [6.45, 7) is 6.20. The Morgan fingerprint density at radius 2 is 1.50 bits per heavy atom. The molecule has 0 aromatic heterocycles. The van der Waals surface area contributed by atoms with Crippen LogP contribution in [0.5, 0.6) is 0 Å². The number of unbranched alkanes of at least 4 members (excludes halogenated alkanes) is 2. The van der Waals surface area contributed by atoms with Crippen LogP contribution in [-0.4, -0.2) is 35.5 Å². The first-order chi connectivity index (χ1) is 7.96. The van der Waals surface area contributed by atoms with Crippen LogP contribution in [0.2, 0.25) is 19.6 Å². The Labute approximate surface area is 107 Å². The molecule has 0 atom stereocenters. The Balaban J connectivity index is 3.65. The zero-order chi connectivity index (χ0) is 14.4. The van der Waals surface area contributed by atoms with E-state index in [0.717, 1.165) is 0 Å². The molecule has 0 N–H and O–H groups in total. The molecule has 0 fully saturated rings. The highest BCUT2D eigenvalue weighted by atomic mass is 32.2. The molecule has 0 spiro atoms. The Bertz CT molecular complexity index is 335. The van der Waals surface area contributed by atoms with Crippen molar-refractivity contribution in [1.82, 2.24) is 0 Å². The van der Waals surface area contributed by atoms with Gasteiger partial charge in [0.15, 0.2) is 8.32 Å². The first kappa shape index (κ1) is 17.9. The normalized spacial score (nSPS) is 13.9. The first-order valence-electron chi connectivity index (χ1n) is 5.55. The van der Waals surface area contributed by atoms with Gasteiger partial charge in [-0.15, -0.1) is 0 Å². The molecule has 0 saturated carbocycles. The van der Waals surface area contributed by atoms with Crippen molar-refractivity contribution < 1.29 is 30.2 Å². The van der Waals surface area contributed by atoms with Gasteiger partial charge < -0.3 is 4.43 Å². The summed E-state index contributed by atoms with van der Waals surface area (Å²) in [5, 5.41) is 0. The molecular formula is C9H19F3O4SSi. The smallest absolute Gasteiger partial charge is 0.418 e. The zero-order valence-corrected chi connectivity index (χ0v) is 12.5. The minimum absolute atomic E-state index is 0.254. The Hall–Kier alpha value is -0.123. The van der Waals surface area contributed by atoms with E-state index in [4.69, 9.17) is 4.43 Å².